The maximum Gasteiger partial charge on any atom is 0.251 e. The van der Waals surface area contributed by atoms with Crippen LogP contribution in [0.3, 0.4) is 0 Å². The van der Waals surface area contributed by atoms with Gasteiger partial charge in [-0.2, -0.15) is 0 Å². The molecular weight excluding hydrogens is 364 g/mol. The number of piperidine rings is 1. The summed E-state index contributed by atoms with van der Waals surface area (Å²) in [6, 6.07) is 12.7. The highest BCUT2D eigenvalue weighted by Crippen LogP contribution is 2.21. The van der Waals surface area contributed by atoms with Crippen molar-refractivity contribution in [2.45, 2.75) is 31.8 Å². The standard InChI is InChI=1S/C17H19BrN2O.ClH/c1-11-8-16(6-7-19-11)20-17(21)14-3-2-13-10-15(18)5-4-12(13)9-14;/h2-5,9-11,16,19H,6-8H2,1H3,(H,20,21);1H. The van der Waals surface area contributed by atoms with E-state index in [4.69, 9.17) is 0 Å². The van der Waals surface area contributed by atoms with Crippen LogP contribution in [0.25, 0.3) is 10.8 Å². The molecule has 0 aromatic heterocycles. The van der Waals surface area contributed by atoms with E-state index >= 15 is 0 Å². The monoisotopic (exact) mass is 382 g/mol. The van der Waals surface area contributed by atoms with E-state index in [-0.39, 0.29) is 24.4 Å². The van der Waals surface area contributed by atoms with Gasteiger partial charge in [0.15, 0.2) is 0 Å². The molecule has 1 heterocycles. The number of fused-ring (bicyclic) bond motifs is 1. The Kier molecular flexibility index (Phi) is 5.84. The van der Waals surface area contributed by atoms with E-state index in [0.717, 1.165) is 40.2 Å². The second-order valence-corrected chi connectivity index (χ2v) is 6.67. The molecule has 5 heteroatoms. The molecular formula is C17H20BrClN2O. The number of rotatable bonds is 2. The van der Waals surface area contributed by atoms with E-state index in [1.54, 1.807) is 0 Å². The smallest absolute Gasteiger partial charge is 0.251 e. The molecule has 1 saturated heterocycles. The highest BCUT2D eigenvalue weighted by atomic mass is 79.9. The number of benzene rings is 2. The number of halogens is 2. The number of hydrogen-bond donors (Lipinski definition) is 2. The van der Waals surface area contributed by atoms with Crippen molar-refractivity contribution in [2.24, 2.45) is 0 Å². The van der Waals surface area contributed by atoms with Crippen LogP contribution < -0.4 is 10.6 Å². The molecule has 1 aliphatic rings. The maximum absolute atomic E-state index is 12.4. The van der Waals surface area contributed by atoms with Gasteiger partial charge in [0, 0.05) is 22.1 Å². The van der Waals surface area contributed by atoms with E-state index in [0.29, 0.717) is 6.04 Å². The van der Waals surface area contributed by atoms with Crippen molar-refractivity contribution in [1.82, 2.24) is 10.6 Å². The zero-order chi connectivity index (χ0) is 14.8. The third-order valence-corrected chi connectivity index (χ3v) is 4.52. The molecule has 118 valence electrons. The van der Waals surface area contributed by atoms with Gasteiger partial charge >= 0.3 is 0 Å². The highest BCUT2D eigenvalue weighted by Gasteiger charge is 2.20. The molecule has 1 amide bonds. The number of hydrogen-bond acceptors (Lipinski definition) is 2. The predicted molar refractivity (Wildman–Crippen MR) is 96.8 cm³/mol. The van der Waals surface area contributed by atoms with Gasteiger partial charge in [0.2, 0.25) is 0 Å². The van der Waals surface area contributed by atoms with Crippen LogP contribution in [0.1, 0.15) is 30.1 Å². The maximum atomic E-state index is 12.4. The van der Waals surface area contributed by atoms with Crippen LogP contribution in [-0.4, -0.2) is 24.5 Å². The quantitative estimate of drug-likeness (QED) is 0.826. The Hall–Kier alpha value is -1.10. The van der Waals surface area contributed by atoms with E-state index in [9.17, 15) is 4.79 Å². The second-order valence-electron chi connectivity index (χ2n) is 5.76. The fourth-order valence-corrected chi connectivity index (χ4v) is 3.27. The molecule has 0 saturated carbocycles. The number of carbonyl (C=O) groups is 1. The number of nitrogens with one attached hydrogen (secondary N) is 2. The molecule has 2 N–H and O–H groups in total. The normalized spacial score (nSPS) is 21.2. The second kappa shape index (κ2) is 7.44. The molecule has 2 atom stereocenters. The summed E-state index contributed by atoms with van der Waals surface area (Å²) in [5.74, 6) is 0.0268. The van der Waals surface area contributed by atoms with Gasteiger partial charge in [-0.3, -0.25) is 4.79 Å². The minimum Gasteiger partial charge on any atom is -0.349 e. The first-order valence-corrected chi connectivity index (χ1v) is 8.15. The highest BCUT2D eigenvalue weighted by molar-refractivity contribution is 9.10. The van der Waals surface area contributed by atoms with E-state index < -0.39 is 0 Å². The van der Waals surface area contributed by atoms with Crippen molar-refractivity contribution >= 4 is 45.0 Å². The van der Waals surface area contributed by atoms with Crippen LogP contribution in [0.4, 0.5) is 0 Å². The Morgan fingerprint density at radius 2 is 1.95 bits per heavy atom. The lowest BCUT2D eigenvalue weighted by atomic mass is 10.00. The summed E-state index contributed by atoms with van der Waals surface area (Å²) in [4.78, 5) is 12.4. The minimum atomic E-state index is 0. The van der Waals surface area contributed by atoms with Gasteiger partial charge in [0.1, 0.15) is 0 Å². The molecule has 2 aromatic rings. The van der Waals surface area contributed by atoms with Crippen LogP contribution in [-0.2, 0) is 0 Å². The fourth-order valence-electron chi connectivity index (χ4n) is 2.89. The molecule has 0 aliphatic carbocycles. The summed E-state index contributed by atoms with van der Waals surface area (Å²) >= 11 is 3.47. The first-order chi connectivity index (χ1) is 10.1. The van der Waals surface area contributed by atoms with E-state index in [1.165, 1.54) is 0 Å². The summed E-state index contributed by atoms with van der Waals surface area (Å²) in [5, 5.41) is 8.78. The summed E-state index contributed by atoms with van der Waals surface area (Å²) in [5.41, 5.74) is 0.732. The first kappa shape index (κ1) is 17.3. The lowest BCUT2D eigenvalue weighted by Gasteiger charge is -2.28. The van der Waals surface area contributed by atoms with Crippen molar-refractivity contribution in [3.8, 4) is 0 Å². The van der Waals surface area contributed by atoms with Gasteiger partial charge in [-0.15, -0.1) is 12.4 Å². The fraction of sp³-hybridized carbons (Fsp3) is 0.353. The minimum absolute atomic E-state index is 0. The average molecular weight is 384 g/mol. The molecule has 3 nitrogen and oxygen atoms in total. The molecule has 3 rings (SSSR count). The Balaban J connectivity index is 0.00000176. The molecule has 1 aliphatic heterocycles. The van der Waals surface area contributed by atoms with Gasteiger partial charge < -0.3 is 10.6 Å². The SMILES string of the molecule is CC1CC(NC(=O)c2ccc3cc(Br)ccc3c2)CCN1.Cl. The largest absolute Gasteiger partial charge is 0.349 e. The average Bonchev–Trinajstić information content (AvgIpc) is 2.46. The molecule has 0 spiro atoms. The van der Waals surface area contributed by atoms with Crippen molar-refractivity contribution in [1.29, 1.82) is 0 Å². The van der Waals surface area contributed by atoms with Crippen LogP contribution in [0.2, 0.25) is 0 Å². The summed E-state index contributed by atoms with van der Waals surface area (Å²) in [6.45, 7) is 3.13. The van der Waals surface area contributed by atoms with Crippen molar-refractivity contribution in [3.05, 3.63) is 46.4 Å². The zero-order valence-corrected chi connectivity index (χ0v) is 14.8. The number of amides is 1. The first-order valence-electron chi connectivity index (χ1n) is 7.35. The summed E-state index contributed by atoms with van der Waals surface area (Å²) in [6.07, 6.45) is 1.99. The lowest BCUT2D eigenvalue weighted by molar-refractivity contribution is 0.0926. The third kappa shape index (κ3) is 4.00. The summed E-state index contributed by atoms with van der Waals surface area (Å²) < 4.78 is 1.05. The molecule has 0 radical (unpaired) electrons. The van der Waals surface area contributed by atoms with Crippen molar-refractivity contribution in [3.63, 3.8) is 0 Å². The molecule has 0 bridgehead atoms. The molecule has 1 fully saturated rings. The van der Waals surface area contributed by atoms with Gasteiger partial charge in [-0.25, -0.2) is 0 Å². The third-order valence-electron chi connectivity index (χ3n) is 4.02. The van der Waals surface area contributed by atoms with Gasteiger partial charge in [0.25, 0.3) is 5.91 Å². The van der Waals surface area contributed by atoms with Crippen molar-refractivity contribution < 1.29 is 4.79 Å². The topological polar surface area (TPSA) is 41.1 Å². The van der Waals surface area contributed by atoms with E-state index in [1.807, 2.05) is 30.3 Å². The van der Waals surface area contributed by atoms with Gasteiger partial charge in [0.05, 0.1) is 0 Å². The van der Waals surface area contributed by atoms with E-state index in [2.05, 4.69) is 39.6 Å². The summed E-state index contributed by atoms with van der Waals surface area (Å²) in [7, 11) is 0. The van der Waals surface area contributed by atoms with Crippen LogP contribution in [0.15, 0.2) is 40.9 Å². The van der Waals surface area contributed by atoms with Crippen LogP contribution in [0, 0.1) is 0 Å². The van der Waals surface area contributed by atoms with Gasteiger partial charge in [-0.05, 0) is 61.3 Å². The van der Waals surface area contributed by atoms with Crippen LogP contribution >= 0.6 is 28.3 Å². The number of carbonyl (C=O) groups excluding carboxylic acids is 1. The van der Waals surface area contributed by atoms with Crippen molar-refractivity contribution in [2.75, 3.05) is 6.54 Å². The Morgan fingerprint density at radius 1 is 1.23 bits per heavy atom. The Morgan fingerprint density at radius 3 is 2.73 bits per heavy atom. The predicted octanol–water partition coefficient (Wildman–Crippen LogP) is 3.89. The molecule has 2 aromatic carbocycles. The molecule has 2 unspecified atom stereocenters. The van der Waals surface area contributed by atoms with Crippen LogP contribution in [0.5, 0.6) is 0 Å². The van der Waals surface area contributed by atoms with Gasteiger partial charge in [-0.1, -0.05) is 28.1 Å². The Labute approximate surface area is 145 Å². The lowest BCUT2D eigenvalue weighted by Crippen LogP contribution is -2.46. The Bertz CT molecular complexity index is 677. The zero-order valence-electron chi connectivity index (χ0n) is 12.4. The molecule has 22 heavy (non-hydrogen) atoms.